The first-order chi connectivity index (χ1) is 15.3. The average Bonchev–Trinajstić information content (AvgIpc) is 2.65. The second kappa shape index (κ2) is 10.2. The summed E-state index contributed by atoms with van der Waals surface area (Å²) in [7, 11) is 0. The Hall–Kier alpha value is -0.710. The van der Waals surface area contributed by atoms with Gasteiger partial charge in [0.15, 0.2) is 0 Å². The highest BCUT2D eigenvalue weighted by Gasteiger charge is 2.90. The fourth-order valence-corrected chi connectivity index (χ4v) is 4.41. The molecule has 0 aromatic rings. The van der Waals surface area contributed by atoms with Crippen LogP contribution in [0.5, 0.6) is 0 Å². The smallest absolute Gasteiger partial charge is 0.460 e. The Balaban J connectivity index is 3.15. The second-order valence-electron chi connectivity index (χ2n) is 8.97. The van der Waals surface area contributed by atoms with Crippen molar-refractivity contribution in [2.75, 3.05) is 0 Å². The van der Waals surface area contributed by atoms with E-state index in [9.17, 15) is 61.9 Å². The second-order valence-corrected chi connectivity index (χ2v) is 10.5. The topological polar surface area (TPSA) is 26.3 Å². The van der Waals surface area contributed by atoms with Crippen molar-refractivity contribution in [3.05, 3.63) is 0 Å². The van der Waals surface area contributed by atoms with Crippen LogP contribution in [0.3, 0.4) is 0 Å². The Morgan fingerprint density at radius 1 is 0.829 bits per heavy atom. The number of esters is 1. The van der Waals surface area contributed by atoms with Crippen LogP contribution in [0, 0.1) is 17.8 Å². The van der Waals surface area contributed by atoms with Crippen LogP contribution in [-0.4, -0.2) is 51.8 Å². The molecular formula is C19H22F13IO2. The first-order valence-corrected chi connectivity index (χ1v) is 11.4. The van der Waals surface area contributed by atoms with Crippen molar-refractivity contribution in [2.24, 2.45) is 17.8 Å². The van der Waals surface area contributed by atoms with Crippen LogP contribution in [0.1, 0.15) is 46.5 Å². The van der Waals surface area contributed by atoms with Gasteiger partial charge in [-0.15, -0.1) is 0 Å². The van der Waals surface area contributed by atoms with Gasteiger partial charge in [-0.05, 0) is 30.6 Å². The zero-order chi connectivity index (χ0) is 28.0. The van der Waals surface area contributed by atoms with Crippen molar-refractivity contribution >= 4 is 28.6 Å². The molecular weight excluding hydrogens is 634 g/mol. The van der Waals surface area contributed by atoms with Crippen molar-refractivity contribution in [3.8, 4) is 0 Å². The molecule has 0 aliphatic heterocycles. The summed E-state index contributed by atoms with van der Waals surface area (Å²) in [6.45, 7) is 5.31. The maximum Gasteiger partial charge on any atom is 0.460 e. The van der Waals surface area contributed by atoms with Crippen LogP contribution in [0.2, 0.25) is 0 Å². The van der Waals surface area contributed by atoms with E-state index in [0.29, 0.717) is 6.42 Å². The molecule has 0 heterocycles. The lowest BCUT2D eigenvalue weighted by molar-refractivity contribution is -0.440. The van der Waals surface area contributed by atoms with Crippen molar-refractivity contribution in [1.82, 2.24) is 0 Å². The number of carbonyl (C=O) groups excluding carboxylic acids is 1. The summed E-state index contributed by atoms with van der Waals surface area (Å²) in [4.78, 5) is 12.2. The van der Waals surface area contributed by atoms with E-state index in [2.05, 4.69) is 0 Å². The standard InChI is InChI=1S/C19H22F13IO2/c1-8(2)10-5-4-9(3)6-12(10)35-13(34)11(33)7-14(20,21)15(22,23)16(24,25)17(26,27)18(28,29)19(30,31)32/h8-12H,4-7H2,1-3H3/t9-,10+,11?,12-/m1/s1. The predicted molar refractivity (Wildman–Crippen MR) is 104 cm³/mol. The lowest BCUT2D eigenvalue weighted by Gasteiger charge is -2.40. The van der Waals surface area contributed by atoms with Crippen molar-refractivity contribution in [1.29, 1.82) is 0 Å². The van der Waals surface area contributed by atoms with Gasteiger partial charge in [-0.25, -0.2) is 0 Å². The number of halogens is 14. The van der Waals surface area contributed by atoms with Gasteiger partial charge in [-0.3, -0.25) is 4.79 Å². The minimum absolute atomic E-state index is 0.0254. The van der Waals surface area contributed by atoms with Crippen molar-refractivity contribution in [3.63, 3.8) is 0 Å². The summed E-state index contributed by atoms with van der Waals surface area (Å²) < 4.78 is 175. The van der Waals surface area contributed by atoms with E-state index in [1.54, 1.807) is 20.8 Å². The molecule has 1 aliphatic rings. The van der Waals surface area contributed by atoms with Crippen LogP contribution >= 0.6 is 22.6 Å². The molecule has 0 radical (unpaired) electrons. The lowest BCUT2D eigenvalue weighted by Crippen LogP contribution is -2.70. The highest BCUT2D eigenvalue weighted by molar-refractivity contribution is 14.1. The average molecular weight is 656 g/mol. The zero-order valence-electron chi connectivity index (χ0n) is 18.3. The molecule has 0 aromatic heterocycles. The molecule has 0 amide bonds. The fourth-order valence-electron chi connectivity index (χ4n) is 3.71. The first-order valence-electron chi connectivity index (χ1n) is 10.2. The Kier molecular flexibility index (Phi) is 9.43. The van der Waals surface area contributed by atoms with Crippen LogP contribution in [0.4, 0.5) is 57.1 Å². The number of hydrogen-bond acceptors (Lipinski definition) is 2. The maximum absolute atomic E-state index is 14.1. The molecule has 0 spiro atoms. The van der Waals surface area contributed by atoms with Gasteiger partial charge in [0.2, 0.25) is 0 Å². The number of ether oxygens (including phenoxy) is 1. The Morgan fingerprint density at radius 2 is 1.29 bits per heavy atom. The van der Waals surface area contributed by atoms with E-state index in [1.807, 2.05) is 0 Å². The third-order valence-electron chi connectivity index (χ3n) is 5.92. The predicted octanol–water partition coefficient (Wildman–Crippen LogP) is 7.92. The van der Waals surface area contributed by atoms with Crippen LogP contribution < -0.4 is 0 Å². The number of hydrogen-bond donors (Lipinski definition) is 0. The van der Waals surface area contributed by atoms with Gasteiger partial charge < -0.3 is 4.74 Å². The molecule has 208 valence electrons. The molecule has 0 saturated heterocycles. The van der Waals surface area contributed by atoms with Gasteiger partial charge >= 0.3 is 41.8 Å². The van der Waals surface area contributed by atoms with Gasteiger partial charge in [0.25, 0.3) is 0 Å². The van der Waals surface area contributed by atoms with Gasteiger partial charge in [0.1, 0.15) is 10.0 Å². The summed E-state index contributed by atoms with van der Waals surface area (Å²) in [5, 5.41) is 0. The third kappa shape index (κ3) is 5.91. The lowest BCUT2D eigenvalue weighted by atomic mass is 9.75. The van der Waals surface area contributed by atoms with Crippen molar-refractivity contribution in [2.45, 2.75) is 92.3 Å². The van der Waals surface area contributed by atoms with E-state index in [-0.39, 0.29) is 24.2 Å². The van der Waals surface area contributed by atoms with Gasteiger partial charge in [0, 0.05) is 6.42 Å². The van der Waals surface area contributed by atoms with E-state index in [4.69, 9.17) is 4.74 Å². The van der Waals surface area contributed by atoms with E-state index in [0.717, 1.165) is 29.0 Å². The van der Waals surface area contributed by atoms with Crippen molar-refractivity contribution < 1.29 is 66.6 Å². The monoisotopic (exact) mass is 656 g/mol. The highest BCUT2D eigenvalue weighted by Crippen LogP contribution is 2.61. The summed E-state index contributed by atoms with van der Waals surface area (Å²) >= 11 is 0.788. The minimum Gasteiger partial charge on any atom is -0.461 e. The van der Waals surface area contributed by atoms with E-state index in [1.165, 1.54) is 0 Å². The molecule has 0 bridgehead atoms. The zero-order valence-corrected chi connectivity index (χ0v) is 20.5. The SMILES string of the molecule is CC(C)[C@@H]1CC[C@@H](C)C[C@H]1OC(=O)C(I)CC(F)(F)C(F)(F)C(F)(F)C(F)(F)C(F)(F)C(F)(F)F. The number of rotatable bonds is 9. The van der Waals surface area contributed by atoms with Gasteiger partial charge in [-0.2, -0.15) is 57.1 Å². The number of alkyl halides is 14. The molecule has 35 heavy (non-hydrogen) atoms. The van der Waals surface area contributed by atoms with Gasteiger partial charge in [-0.1, -0.05) is 49.8 Å². The Labute approximate surface area is 205 Å². The molecule has 1 rings (SSSR count). The molecule has 0 N–H and O–H groups in total. The van der Waals surface area contributed by atoms with E-state index < -0.39 is 58.2 Å². The summed E-state index contributed by atoms with van der Waals surface area (Å²) in [6, 6.07) is 0. The molecule has 0 aromatic carbocycles. The molecule has 1 unspecified atom stereocenters. The third-order valence-corrected chi connectivity index (χ3v) is 6.87. The van der Waals surface area contributed by atoms with Crippen LogP contribution in [0.15, 0.2) is 0 Å². The maximum atomic E-state index is 14.1. The van der Waals surface area contributed by atoms with Gasteiger partial charge in [0.05, 0.1) is 0 Å². The quantitative estimate of drug-likeness (QED) is 0.109. The first kappa shape index (κ1) is 32.3. The molecule has 1 saturated carbocycles. The normalized spacial score (nSPS) is 24.5. The minimum atomic E-state index is -7.96. The summed E-state index contributed by atoms with van der Waals surface area (Å²) in [6.07, 6.45) is -9.36. The van der Waals surface area contributed by atoms with Crippen LogP contribution in [0.25, 0.3) is 0 Å². The molecule has 2 nitrogen and oxygen atoms in total. The molecule has 16 heteroatoms. The summed E-state index contributed by atoms with van der Waals surface area (Å²) in [5.41, 5.74) is 0. The molecule has 4 atom stereocenters. The van der Waals surface area contributed by atoms with Crippen LogP contribution in [-0.2, 0) is 9.53 Å². The fraction of sp³-hybridized carbons (Fsp3) is 0.947. The highest BCUT2D eigenvalue weighted by atomic mass is 127. The Morgan fingerprint density at radius 3 is 1.71 bits per heavy atom. The Bertz CT molecular complexity index is 752. The van der Waals surface area contributed by atoms with E-state index >= 15 is 0 Å². The molecule has 1 fully saturated rings. The number of carbonyl (C=O) groups is 1. The molecule has 1 aliphatic carbocycles. The largest absolute Gasteiger partial charge is 0.461 e. The summed E-state index contributed by atoms with van der Waals surface area (Å²) in [5.74, 6) is -39.2.